The van der Waals surface area contributed by atoms with Crippen molar-refractivity contribution in [1.82, 2.24) is 0 Å². The Bertz CT molecular complexity index is 741. The maximum Gasteiger partial charge on any atom is 0.255 e. The van der Waals surface area contributed by atoms with Crippen LogP contribution in [0.1, 0.15) is 36.7 Å². The van der Waals surface area contributed by atoms with Gasteiger partial charge in [-0.2, -0.15) is 0 Å². The van der Waals surface area contributed by atoms with Crippen molar-refractivity contribution in [2.75, 3.05) is 17.2 Å². The molecule has 2 N–H and O–H groups in total. The standard InChI is InChI=1S/C20H24N2O3/c1-4-15-8-5-6-11-18(15)22-20(24)16-9-7-10-17(12-16)21-19(23)13-25-14(2)3/h5-12,14H,4,13H2,1-3H3,(H,21,23)(H,22,24). The summed E-state index contributed by atoms with van der Waals surface area (Å²) in [6.07, 6.45) is 0.823. The van der Waals surface area contributed by atoms with Crippen molar-refractivity contribution in [3.63, 3.8) is 0 Å². The summed E-state index contributed by atoms with van der Waals surface area (Å²) in [5.74, 6) is -0.460. The van der Waals surface area contributed by atoms with Crippen molar-refractivity contribution in [3.8, 4) is 0 Å². The molecule has 2 aromatic carbocycles. The number of aryl methyl sites for hydroxylation is 1. The number of benzene rings is 2. The Balaban J connectivity index is 2.05. The fraction of sp³-hybridized carbons (Fsp3) is 0.300. The summed E-state index contributed by atoms with van der Waals surface area (Å²) in [7, 11) is 0. The number of amides is 2. The van der Waals surface area contributed by atoms with E-state index in [0.29, 0.717) is 11.3 Å². The molecule has 0 radical (unpaired) electrons. The summed E-state index contributed by atoms with van der Waals surface area (Å²) in [5, 5.41) is 5.66. The summed E-state index contributed by atoms with van der Waals surface area (Å²) in [5.41, 5.74) is 2.92. The molecule has 0 aromatic heterocycles. The van der Waals surface area contributed by atoms with Crippen molar-refractivity contribution in [3.05, 3.63) is 59.7 Å². The van der Waals surface area contributed by atoms with Gasteiger partial charge in [-0.1, -0.05) is 31.2 Å². The van der Waals surface area contributed by atoms with Gasteiger partial charge in [-0.3, -0.25) is 9.59 Å². The normalized spacial score (nSPS) is 10.6. The van der Waals surface area contributed by atoms with Crippen molar-refractivity contribution in [1.29, 1.82) is 0 Å². The van der Waals surface area contributed by atoms with E-state index in [2.05, 4.69) is 10.6 Å². The molecule has 5 heteroatoms. The van der Waals surface area contributed by atoms with Crippen LogP contribution in [-0.2, 0) is 16.0 Å². The van der Waals surface area contributed by atoms with Crippen molar-refractivity contribution >= 4 is 23.2 Å². The van der Waals surface area contributed by atoms with Crippen LogP contribution in [0.5, 0.6) is 0 Å². The zero-order valence-corrected chi connectivity index (χ0v) is 14.8. The lowest BCUT2D eigenvalue weighted by Crippen LogP contribution is -2.21. The summed E-state index contributed by atoms with van der Waals surface area (Å²) in [4.78, 5) is 24.3. The van der Waals surface area contributed by atoms with E-state index in [9.17, 15) is 9.59 Å². The highest BCUT2D eigenvalue weighted by atomic mass is 16.5. The van der Waals surface area contributed by atoms with E-state index >= 15 is 0 Å². The molecule has 5 nitrogen and oxygen atoms in total. The second-order valence-corrected chi connectivity index (χ2v) is 5.95. The van der Waals surface area contributed by atoms with E-state index < -0.39 is 0 Å². The number of hydrogen-bond acceptors (Lipinski definition) is 3. The highest BCUT2D eigenvalue weighted by molar-refractivity contribution is 6.05. The molecule has 0 saturated carbocycles. The quantitative estimate of drug-likeness (QED) is 0.804. The molecule has 0 bridgehead atoms. The monoisotopic (exact) mass is 340 g/mol. The third-order valence-corrected chi connectivity index (χ3v) is 3.60. The predicted octanol–water partition coefficient (Wildman–Crippen LogP) is 3.86. The molecule has 0 fully saturated rings. The second-order valence-electron chi connectivity index (χ2n) is 5.95. The van der Waals surface area contributed by atoms with Gasteiger partial charge in [0, 0.05) is 16.9 Å². The highest BCUT2D eigenvalue weighted by Crippen LogP contribution is 2.18. The number of anilines is 2. The zero-order valence-electron chi connectivity index (χ0n) is 14.8. The molecule has 0 spiro atoms. The third-order valence-electron chi connectivity index (χ3n) is 3.60. The molecule has 0 unspecified atom stereocenters. The van der Waals surface area contributed by atoms with E-state index in [4.69, 9.17) is 4.74 Å². The molecule has 0 aliphatic heterocycles. The number of carbonyl (C=O) groups excluding carboxylic acids is 2. The largest absolute Gasteiger partial charge is 0.369 e. The Morgan fingerprint density at radius 2 is 1.80 bits per heavy atom. The Hall–Kier alpha value is -2.66. The average Bonchev–Trinajstić information content (AvgIpc) is 2.60. The van der Waals surface area contributed by atoms with E-state index in [0.717, 1.165) is 17.7 Å². The lowest BCUT2D eigenvalue weighted by molar-refractivity contribution is -0.121. The van der Waals surface area contributed by atoms with Gasteiger partial charge in [0.2, 0.25) is 5.91 Å². The molecular formula is C20H24N2O3. The van der Waals surface area contributed by atoms with Crippen LogP contribution in [0.4, 0.5) is 11.4 Å². The van der Waals surface area contributed by atoms with Gasteiger partial charge in [0.1, 0.15) is 6.61 Å². The van der Waals surface area contributed by atoms with Crippen LogP contribution in [0.3, 0.4) is 0 Å². The molecule has 0 aliphatic rings. The lowest BCUT2D eigenvalue weighted by Gasteiger charge is -2.11. The third kappa shape index (κ3) is 5.72. The van der Waals surface area contributed by atoms with E-state index in [-0.39, 0.29) is 24.5 Å². The van der Waals surface area contributed by atoms with Crippen LogP contribution in [0.2, 0.25) is 0 Å². The number of nitrogens with one attached hydrogen (secondary N) is 2. The van der Waals surface area contributed by atoms with Gasteiger partial charge in [0.15, 0.2) is 0 Å². The summed E-state index contributed by atoms with van der Waals surface area (Å²) in [6, 6.07) is 14.5. The summed E-state index contributed by atoms with van der Waals surface area (Å²) < 4.78 is 5.27. The molecular weight excluding hydrogens is 316 g/mol. The van der Waals surface area contributed by atoms with Crippen LogP contribution in [-0.4, -0.2) is 24.5 Å². The first-order valence-electron chi connectivity index (χ1n) is 8.40. The SMILES string of the molecule is CCc1ccccc1NC(=O)c1cccc(NC(=O)COC(C)C)c1. The molecule has 132 valence electrons. The first kappa shape index (κ1) is 18.7. The summed E-state index contributed by atoms with van der Waals surface area (Å²) in [6.45, 7) is 5.76. The number of carbonyl (C=O) groups is 2. The predicted molar refractivity (Wildman–Crippen MR) is 99.9 cm³/mol. The lowest BCUT2D eigenvalue weighted by atomic mass is 10.1. The average molecular weight is 340 g/mol. The minimum absolute atomic E-state index is 0.0125. The van der Waals surface area contributed by atoms with Gasteiger partial charge in [-0.15, -0.1) is 0 Å². The fourth-order valence-corrected chi connectivity index (χ4v) is 2.32. The number of rotatable bonds is 7. The van der Waals surface area contributed by atoms with Gasteiger partial charge < -0.3 is 15.4 Å². The van der Waals surface area contributed by atoms with E-state index in [1.54, 1.807) is 24.3 Å². The molecule has 25 heavy (non-hydrogen) atoms. The van der Waals surface area contributed by atoms with Crippen LogP contribution in [0.25, 0.3) is 0 Å². The van der Waals surface area contributed by atoms with Gasteiger partial charge >= 0.3 is 0 Å². The maximum atomic E-state index is 12.5. The first-order chi connectivity index (χ1) is 12.0. The van der Waals surface area contributed by atoms with Gasteiger partial charge in [-0.05, 0) is 50.1 Å². The van der Waals surface area contributed by atoms with Crippen molar-refractivity contribution in [2.24, 2.45) is 0 Å². The molecule has 2 amide bonds. The Morgan fingerprint density at radius 1 is 1.04 bits per heavy atom. The van der Waals surface area contributed by atoms with Gasteiger partial charge in [-0.25, -0.2) is 0 Å². The van der Waals surface area contributed by atoms with Crippen LogP contribution in [0, 0.1) is 0 Å². The topological polar surface area (TPSA) is 67.4 Å². The van der Waals surface area contributed by atoms with Crippen molar-refractivity contribution in [2.45, 2.75) is 33.3 Å². The Labute approximate surface area is 148 Å². The van der Waals surface area contributed by atoms with Crippen LogP contribution >= 0.6 is 0 Å². The fourth-order valence-electron chi connectivity index (χ4n) is 2.32. The van der Waals surface area contributed by atoms with Crippen LogP contribution in [0.15, 0.2) is 48.5 Å². The second kappa shape index (κ2) is 8.99. The van der Waals surface area contributed by atoms with E-state index in [1.807, 2.05) is 45.0 Å². The molecule has 2 aromatic rings. The molecule has 0 atom stereocenters. The molecule has 2 rings (SSSR count). The number of para-hydroxylation sites is 1. The molecule has 0 heterocycles. The zero-order chi connectivity index (χ0) is 18.2. The maximum absolute atomic E-state index is 12.5. The molecule has 0 aliphatic carbocycles. The smallest absolute Gasteiger partial charge is 0.255 e. The Morgan fingerprint density at radius 3 is 2.52 bits per heavy atom. The minimum atomic E-state index is -0.248. The van der Waals surface area contributed by atoms with Crippen LogP contribution < -0.4 is 10.6 Å². The number of hydrogen-bond donors (Lipinski definition) is 2. The number of ether oxygens (including phenoxy) is 1. The highest BCUT2D eigenvalue weighted by Gasteiger charge is 2.10. The summed E-state index contributed by atoms with van der Waals surface area (Å²) >= 11 is 0. The van der Waals surface area contributed by atoms with E-state index in [1.165, 1.54) is 0 Å². The van der Waals surface area contributed by atoms with Gasteiger partial charge in [0.05, 0.1) is 6.10 Å². The van der Waals surface area contributed by atoms with Crippen molar-refractivity contribution < 1.29 is 14.3 Å². The minimum Gasteiger partial charge on any atom is -0.369 e. The molecule has 0 saturated heterocycles. The van der Waals surface area contributed by atoms with Gasteiger partial charge in [0.25, 0.3) is 5.91 Å². The first-order valence-corrected chi connectivity index (χ1v) is 8.40. The Kier molecular flexibility index (Phi) is 6.71.